The van der Waals surface area contributed by atoms with Gasteiger partial charge in [-0.15, -0.1) is 0 Å². The lowest BCUT2D eigenvalue weighted by Crippen LogP contribution is -2.28. The topological polar surface area (TPSA) is 73.6 Å². The minimum Gasteiger partial charge on any atom is -0.493 e. The van der Waals surface area contributed by atoms with Crippen LogP contribution in [0.3, 0.4) is 0 Å². The average molecular weight is 303 g/mol. The van der Waals surface area contributed by atoms with Crippen molar-refractivity contribution in [2.45, 2.75) is 6.54 Å². The van der Waals surface area contributed by atoms with Gasteiger partial charge in [0.1, 0.15) is 0 Å². The molecule has 5 nitrogen and oxygen atoms in total. The number of hydrogen-bond donors (Lipinski definition) is 2. The maximum atomic E-state index is 10.6. The smallest absolute Gasteiger partial charge is 0.231 e. The zero-order valence-corrected chi connectivity index (χ0v) is 11.3. The first-order valence-corrected chi connectivity index (χ1v) is 5.77. The van der Waals surface area contributed by atoms with Gasteiger partial charge in [-0.1, -0.05) is 0 Å². The van der Waals surface area contributed by atoms with E-state index in [-0.39, 0.29) is 12.5 Å². The Labute approximate surface area is 108 Å². The van der Waals surface area contributed by atoms with E-state index < -0.39 is 0 Å². The Hall–Kier alpha value is -1.27. The molecule has 0 aliphatic heterocycles. The first-order chi connectivity index (χ1) is 8.08. The molecule has 0 unspecified atom stereocenters. The fraction of sp³-hybridized carbons (Fsp3) is 0.364. The summed E-state index contributed by atoms with van der Waals surface area (Å²) in [5.74, 6) is 0.897. The van der Waals surface area contributed by atoms with E-state index in [9.17, 15) is 4.79 Å². The van der Waals surface area contributed by atoms with Crippen molar-refractivity contribution in [1.82, 2.24) is 5.32 Å². The Balaban J connectivity index is 2.80. The van der Waals surface area contributed by atoms with Crippen molar-refractivity contribution in [1.29, 1.82) is 0 Å². The van der Waals surface area contributed by atoms with E-state index in [0.717, 1.165) is 10.0 Å². The molecule has 0 saturated heterocycles. The quantitative estimate of drug-likeness (QED) is 0.823. The van der Waals surface area contributed by atoms with Gasteiger partial charge in [-0.25, -0.2) is 0 Å². The lowest BCUT2D eigenvalue weighted by Gasteiger charge is -2.12. The van der Waals surface area contributed by atoms with Crippen molar-refractivity contribution in [3.05, 3.63) is 22.2 Å². The van der Waals surface area contributed by atoms with Crippen molar-refractivity contribution in [2.75, 3.05) is 20.8 Å². The summed E-state index contributed by atoms with van der Waals surface area (Å²) in [6.45, 7) is 0.674. The van der Waals surface area contributed by atoms with Crippen molar-refractivity contribution in [3.8, 4) is 11.5 Å². The number of hydrogen-bond acceptors (Lipinski definition) is 4. The van der Waals surface area contributed by atoms with Crippen LogP contribution in [0.1, 0.15) is 5.56 Å². The summed E-state index contributed by atoms with van der Waals surface area (Å²) >= 11 is 3.40. The van der Waals surface area contributed by atoms with Crippen molar-refractivity contribution in [3.63, 3.8) is 0 Å². The van der Waals surface area contributed by atoms with Crippen LogP contribution >= 0.6 is 15.9 Å². The van der Waals surface area contributed by atoms with Crippen LogP contribution in [0.15, 0.2) is 16.6 Å². The van der Waals surface area contributed by atoms with E-state index in [2.05, 4.69) is 21.2 Å². The predicted octanol–water partition coefficient (Wildman–Crippen LogP) is 1.04. The molecule has 0 fully saturated rings. The number of methoxy groups -OCH3 is 2. The predicted molar refractivity (Wildman–Crippen MR) is 68.1 cm³/mol. The molecule has 0 aliphatic rings. The molecule has 0 spiro atoms. The van der Waals surface area contributed by atoms with E-state index in [1.54, 1.807) is 14.2 Å². The van der Waals surface area contributed by atoms with Crippen LogP contribution in [0.4, 0.5) is 0 Å². The van der Waals surface area contributed by atoms with Gasteiger partial charge >= 0.3 is 0 Å². The van der Waals surface area contributed by atoms with E-state index in [0.29, 0.717) is 18.0 Å². The van der Waals surface area contributed by atoms with Gasteiger partial charge in [-0.2, -0.15) is 0 Å². The Morgan fingerprint density at radius 1 is 1.41 bits per heavy atom. The summed E-state index contributed by atoms with van der Waals surface area (Å²) in [4.78, 5) is 10.6. The lowest BCUT2D eigenvalue weighted by molar-refractivity contribution is -0.117. The maximum absolute atomic E-state index is 10.6. The molecule has 6 heteroatoms. The molecule has 17 heavy (non-hydrogen) atoms. The van der Waals surface area contributed by atoms with Crippen LogP contribution in [-0.2, 0) is 11.3 Å². The van der Waals surface area contributed by atoms with Gasteiger partial charge in [0, 0.05) is 6.54 Å². The third kappa shape index (κ3) is 3.90. The fourth-order valence-electron chi connectivity index (χ4n) is 1.40. The molecule has 1 amide bonds. The molecule has 0 bridgehead atoms. The number of rotatable bonds is 6. The SMILES string of the molecule is COc1cc(CNCC(N)=O)cc(Br)c1OC. The summed E-state index contributed by atoms with van der Waals surface area (Å²) in [6.07, 6.45) is 0. The summed E-state index contributed by atoms with van der Waals surface area (Å²) in [5, 5.41) is 2.93. The minimum atomic E-state index is -0.385. The molecule has 0 radical (unpaired) electrons. The van der Waals surface area contributed by atoms with Crippen LogP contribution in [0.2, 0.25) is 0 Å². The molecule has 3 N–H and O–H groups in total. The number of nitrogens with one attached hydrogen (secondary N) is 1. The molecule has 0 aliphatic carbocycles. The molecular formula is C11H15BrN2O3. The molecule has 0 atom stereocenters. The number of benzene rings is 1. The highest BCUT2D eigenvalue weighted by atomic mass is 79.9. The van der Waals surface area contributed by atoms with Gasteiger partial charge in [0.2, 0.25) is 5.91 Å². The van der Waals surface area contributed by atoms with Gasteiger partial charge in [0.15, 0.2) is 11.5 Å². The highest BCUT2D eigenvalue weighted by Crippen LogP contribution is 2.36. The lowest BCUT2D eigenvalue weighted by atomic mass is 10.2. The van der Waals surface area contributed by atoms with E-state index in [4.69, 9.17) is 15.2 Å². The number of amides is 1. The van der Waals surface area contributed by atoms with Gasteiger partial charge in [-0.3, -0.25) is 4.79 Å². The van der Waals surface area contributed by atoms with Gasteiger partial charge in [-0.05, 0) is 33.6 Å². The van der Waals surface area contributed by atoms with E-state index in [1.807, 2.05) is 12.1 Å². The van der Waals surface area contributed by atoms with Gasteiger partial charge in [0.05, 0.1) is 25.2 Å². The minimum absolute atomic E-state index is 0.145. The van der Waals surface area contributed by atoms with Crippen molar-refractivity contribution in [2.24, 2.45) is 5.73 Å². The van der Waals surface area contributed by atoms with Gasteiger partial charge < -0.3 is 20.5 Å². The second-order valence-electron chi connectivity index (χ2n) is 3.38. The van der Waals surface area contributed by atoms with Crippen LogP contribution in [-0.4, -0.2) is 26.7 Å². The zero-order valence-electron chi connectivity index (χ0n) is 9.75. The molecule has 1 rings (SSSR count). The Morgan fingerprint density at radius 3 is 2.65 bits per heavy atom. The second-order valence-corrected chi connectivity index (χ2v) is 4.24. The van der Waals surface area contributed by atoms with E-state index >= 15 is 0 Å². The summed E-state index contributed by atoms with van der Waals surface area (Å²) in [6, 6.07) is 3.74. The average Bonchev–Trinajstić information content (AvgIpc) is 2.27. The Kier molecular flexibility index (Phi) is 5.24. The van der Waals surface area contributed by atoms with Crippen LogP contribution in [0.5, 0.6) is 11.5 Å². The third-order valence-corrected chi connectivity index (χ3v) is 2.71. The van der Waals surface area contributed by atoms with Crippen molar-refractivity contribution >= 4 is 21.8 Å². The van der Waals surface area contributed by atoms with Crippen LogP contribution < -0.4 is 20.5 Å². The number of ether oxygens (including phenoxy) is 2. The molecule has 0 heterocycles. The van der Waals surface area contributed by atoms with E-state index in [1.165, 1.54) is 0 Å². The molecule has 0 aromatic heterocycles. The first-order valence-electron chi connectivity index (χ1n) is 4.98. The standard InChI is InChI=1S/C11H15BrN2O3/c1-16-9-4-7(5-14-6-10(13)15)3-8(12)11(9)17-2/h3-4,14H,5-6H2,1-2H3,(H2,13,15). The number of carbonyl (C=O) groups excluding carboxylic acids is 1. The Bertz CT molecular complexity index is 410. The molecular weight excluding hydrogens is 288 g/mol. The Morgan fingerprint density at radius 2 is 2.12 bits per heavy atom. The van der Waals surface area contributed by atoms with Crippen LogP contribution in [0.25, 0.3) is 0 Å². The summed E-state index contributed by atoms with van der Waals surface area (Å²) < 4.78 is 11.2. The molecule has 0 saturated carbocycles. The number of halogens is 1. The molecule has 1 aromatic carbocycles. The largest absolute Gasteiger partial charge is 0.493 e. The highest BCUT2D eigenvalue weighted by Gasteiger charge is 2.10. The number of primary amides is 1. The molecule has 94 valence electrons. The maximum Gasteiger partial charge on any atom is 0.231 e. The van der Waals surface area contributed by atoms with Gasteiger partial charge in [0.25, 0.3) is 0 Å². The zero-order chi connectivity index (χ0) is 12.8. The highest BCUT2D eigenvalue weighted by molar-refractivity contribution is 9.10. The van der Waals surface area contributed by atoms with Crippen molar-refractivity contribution < 1.29 is 14.3 Å². The van der Waals surface area contributed by atoms with Crippen LogP contribution in [0, 0.1) is 0 Å². The first kappa shape index (κ1) is 13.8. The summed E-state index contributed by atoms with van der Waals surface area (Å²) in [7, 11) is 3.15. The fourth-order valence-corrected chi connectivity index (χ4v) is 2.05. The number of nitrogens with two attached hydrogens (primary N) is 1. The summed E-state index contributed by atoms with van der Waals surface area (Å²) in [5.41, 5.74) is 6.00. The monoisotopic (exact) mass is 302 g/mol. The normalized spacial score (nSPS) is 10.1. The second kappa shape index (κ2) is 6.46. The third-order valence-electron chi connectivity index (χ3n) is 2.12. The number of carbonyl (C=O) groups is 1. The molecule has 1 aromatic rings.